The van der Waals surface area contributed by atoms with E-state index in [9.17, 15) is 24.0 Å². The van der Waals surface area contributed by atoms with E-state index >= 15 is 0 Å². The van der Waals surface area contributed by atoms with Crippen LogP contribution < -0.4 is 15.5 Å². The molecule has 82 heavy (non-hydrogen) atoms. The van der Waals surface area contributed by atoms with Gasteiger partial charge < -0.3 is 35.2 Å². The number of aromatic nitrogens is 6. The fraction of sp³-hybridized carbons (Fsp3) is 0.328. The third-order valence-electron chi connectivity index (χ3n) is 15.9. The molecule has 0 atom stereocenters. The van der Waals surface area contributed by atoms with Gasteiger partial charge in [0.2, 0.25) is 17.7 Å². The van der Waals surface area contributed by atoms with Crippen LogP contribution in [0.25, 0.3) is 43.8 Å². The van der Waals surface area contributed by atoms with Gasteiger partial charge in [0, 0.05) is 122 Å². The average molecular weight is 1100 g/mol. The number of ether oxygens (including phenoxy) is 1. The quantitative estimate of drug-likeness (QED) is 0.130. The Hall–Kier alpha value is -9.03. The summed E-state index contributed by atoms with van der Waals surface area (Å²) in [7, 11) is 0. The topological polar surface area (TPSA) is 231 Å². The summed E-state index contributed by atoms with van der Waals surface area (Å²) in [5.74, 6) is -0.544. The minimum atomic E-state index is -0.745. The van der Waals surface area contributed by atoms with Crippen LogP contribution in [-0.4, -0.2) is 113 Å². The number of pyridine rings is 6. The maximum atomic E-state index is 14.3. The first kappa shape index (κ1) is 56.3. The van der Waals surface area contributed by atoms with Gasteiger partial charge >= 0.3 is 12.1 Å². The number of likely N-dealkylation sites (tertiary alicyclic amines) is 2. The van der Waals surface area contributed by atoms with Crippen molar-refractivity contribution in [3.8, 4) is 22.3 Å². The van der Waals surface area contributed by atoms with Gasteiger partial charge in [0.1, 0.15) is 5.60 Å². The van der Waals surface area contributed by atoms with E-state index < -0.39 is 22.4 Å². The predicted molar refractivity (Wildman–Crippen MR) is 313 cm³/mol. The van der Waals surface area contributed by atoms with E-state index in [1.54, 1.807) is 49.0 Å². The van der Waals surface area contributed by atoms with Crippen LogP contribution in [0.2, 0.25) is 0 Å². The first-order chi connectivity index (χ1) is 39.7. The molecule has 0 bridgehead atoms. The molecular formula is C64H67N11O7. The number of carbonyl (C=O) groups is 5. The normalized spacial score (nSPS) is 15.9. The molecule has 10 heterocycles. The van der Waals surface area contributed by atoms with E-state index in [4.69, 9.17) is 25.5 Å². The summed E-state index contributed by atoms with van der Waals surface area (Å²) in [5, 5.41) is 11.9. The second-order valence-corrected chi connectivity index (χ2v) is 22.0. The van der Waals surface area contributed by atoms with Crippen LogP contribution in [0, 0.1) is 0 Å². The standard InChI is InChI=1S/C31H31N5O3.C30H30N6O2.C3H6O2/c1-30(2,3)39-29(38)35-15-11-31(12-16-35)24-10-14-33-19-26(24)36(28(31)37)20-25-27(22-8-6-13-32-17-22)23-9-5-4-7-21(23)18-34-25;31-12-3-8-27(37)35-15-10-30(11-16-35)24-9-14-33-19-26(24)36(29(30)38)20-25-28(22-6-4-13-32-17-22)23-7-2-1-5-21(23)18-34-25;1-2-3(4)5/h4-10,13-14,17-19H,11-12,15-16,20H2,1-3H3;1-2,4-7,9,13-14,17-19H,3,8,10-12,15-16,20,31H2;2H2,1H3,(H,4,5). The summed E-state index contributed by atoms with van der Waals surface area (Å²) in [6, 6.07) is 28.1. The largest absolute Gasteiger partial charge is 0.481 e. The van der Waals surface area contributed by atoms with Crippen molar-refractivity contribution in [2.75, 3.05) is 42.5 Å². The number of rotatable bonds is 10. The molecule has 2 aromatic carbocycles. The number of nitrogens with zero attached hydrogens (tertiary/aromatic N) is 10. The van der Waals surface area contributed by atoms with E-state index in [2.05, 4.69) is 32.1 Å². The molecule has 0 saturated carbocycles. The molecule has 12 rings (SSSR count). The highest BCUT2D eigenvalue weighted by atomic mass is 16.6. The molecule has 2 fully saturated rings. The lowest BCUT2D eigenvalue weighted by Crippen LogP contribution is -2.50. The SMILES string of the molecule is CC(C)(C)OC(=O)N1CCC2(CC1)C(=O)N(Cc1ncc3ccccc3c1-c1cccnc1)c1cnccc12.CCC(=O)O.NCCCC(=O)N1CCC2(CC1)C(=O)N(Cc1ncc3ccccc3c1-c1cccnc1)c1cnccc12. The number of benzene rings is 2. The van der Waals surface area contributed by atoms with Gasteiger partial charge in [-0.1, -0.05) is 67.6 Å². The highest BCUT2D eigenvalue weighted by molar-refractivity contribution is 6.10. The number of piperidine rings is 2. The Kier molecular flexibility index (Phi) is 16.4. The number of hydrogen-bond acceptors (Lipinski definition) is 13. The van der Waals surface area contributed by atoms with Crippen molar-refractivity contribution in [3.05, 3.63) is 169 Å². The molecule has 3 N–H and O–H groups in total. The molecule has 18 heteroatoms. The molecule has 2 saturated heterocycles. The molecule has 2 spiro atoms. The maximum absolute atomic E-state index is 14.3. The summed E-state index contributed by atoms with van der Waals surface area (Å²) in [6.07, 6.45) is 21.2. The zero-order valence-corrected chi connectivity index (χ0v) is 46.7. The summed E-state index contributed by atoms with van der Waals surface area (Å²) >= 11 is 0. The van der Waals surface area contributed by atoms with Crippen LogP contribution >= 0.6 is 0 Å². The Morgan fingerprint density at radius 3 is 1.45 bits per heavy atom. The average Bonchev–Trinajstić information content (AvgIpc) is 3.88. The number of aliphatic carboxylic acids is 1. The van der Waals surface area contributed by atoms with Gasteiger partial charge in [-0.25, -0.2) is 4.79 Å². The zero-order chi connectivity index (χ0) is 57.6. The maximum Gasteiger partial charge on any atom is 0.410 e. The van der Waals surface area contributed by atoms with Gasteiger partial charge in [0.25, 0.3) is 0 Å². The van der Waals surface area contributed by atoms with Crippen LogP contribution in [0.15, 0.2) is 147 Å². The zero-order valence-electron chi connectivity index (χ0n) is 46.7. The first-order valence-electron chi connectivity index (χ1n) is 27.9. The second kappa shape index (κ2) is 24.0. The molecule has 0 unspecified atom stereocenters. The Bertz CT molecular complexity index is 3650. The lowest BCUT2D eigenvalue weighted by atomic mass is 9.74. The molecule has 0 aliphatic carbocycles. The van der Waals surface area contributed by atoms with Gasteiger partial charge in [-0.2, -0.15) is 0 Å². The molecule has 0 radical (unpaired) electrons. The van der Waals surface area contributed by atoms with Crippen molar-refractivity contribution >= 4 is 62.7 Å². The number of hydrogen-bond donors (Lipinski definition) is 2. The first-order valence-corrected chi connectivity index (χ1v) is 27.9. The third kappa shape index (κ3) is 11.2. The monoisotopic (exact) mass is 1100 g/mol. The summed E-state index contributed by atoms with van der Waals surface area (Å²) in [5.41, 5.74) is 12.7. The predicted octanol–water partition coefficient (Wildman–Crippen LogP) is 9.83. The van der Waals surface area contributed by atoms with Crippen LogP contribution in [0.1, 0.15) is 95.2 Å². The summed E-state index contributed by atoms with van der Waals surface area (Å²) < 4.78 is 5.58. The Morgan fingerprint density at radius 1 is 0.598 bits per heavy atom. The van der Waals surface area contributed by atoms with E-state index in [0.717, 1.165) is 77.7 Å². The molecule has 420 valence electrons. The molecular weight excluding hydrogens is 1030 g/mol. The fourth-order valence-electron chi connectivity index (χ4n) is 11.8. The van der Waals surface area contributed by atoms with E-state index in [1.807, 2.05) is 133 Å². The van der Waals surface area contributed by atoms with Gasteiger partial charge in [-0.3, -0.25) is 49.1 Å². The van der Waals surface area contributed by atoms with Crippen molar-refractivity contribution in [1.29, 1.82) is 0 Å². The minimum Gasteiger partial charge on any atom is -0.481 e. The third-order valence-corrected chi connectivity index (χ3v) is 15.9. The summed E-state index contributed by atoms with van der Waals surface area (Å²) in [6.45, 7) is 10.3. The van der Waals surface area contributed by atoms with Gasteiger partial charge in [-0.15, -0.1) is 0 Å². The van der Waals surface area contributed by atoms with Gasteiger partial charge in [0.15, 0.2) is 0 Å². The van der Waals surface area contributed by atoms with Crippen molar-refractivity contribution < 1.29 is 33.8 Å². The second-order valence-electron chi connectivity index (χ2n) is 22.0. The number of fused-ring (bicyclic) bond motifs is 6. The van der Waals surface area contributed by atoms with Crippen molar-refractivity contribution in [3.63, 3.8) is 0 Å². The fourth-order valence-corrected chi connectivity index (χ4v) is 11.8. The molecule has 4 aliphatic rings. The van der Waals surface area contributed by atoms with E-state index in [1.165, 1.54) is 0 Å². The van der Waals surface area contributed by atoms with Gasteiger partial charge in [0.05, 0.1) is 59.1 Å². The lowest BCUT2D eigenvalue weighted by molar-refractivity contribution is -0.136. The van der Waals surface area contributed by atoms with E-state index in [-0.39, 0.29) is 30.2 Å². The summed E-state index contributed by atoms with van der Waals surface area (Å²) in [4.78, 5) is 97.6. The van der Waals surface area contributed by atoms with Crippen molar-refractivity contribution in [2.24, 2.45) is 5.73 Å². The Labute approximate surface area is 476 Å². The Balaban J connectivity index is 0.000000170. The van der Waals surface area contributed by atoms with Crippen molar-refractivity contribution in [2.45, 2.75) is 102 Å². The minimum absolute atomic E-state index is 0.0291. The number of carbonyl (C=O) groups excluding carboxylic acids is 4. The number of anilines is 2. The molecule has 6 aromatic heterocycles. The number of carboxylic acids is 1. The van der Waals surface area contributed by atoms with Crippen LogP contribution in [-0.2, 0) is 47.8 Å². The van der Waals surface area contributed by atoms with Crippen molar-refractivity contribution in [1.82, 2.24) is 39.7 Å². The van der Waals surface area contributed by atoms with Crippen LogP contribution in [0.3, 0.4) is 0 Å². The smallest absolute Gasteiger partial charge is 0.410 e. The van der Waals surface area contributed by atoms with Crippen LogP contribution in [0.5, 0.6) is 0 Å². The molecule has 18 nitrogen and oxygen atoms in total. The van der Waals surface area contributed by atoms with Gasteiger partial charge in [-0.05, 0) is 106 Å². The van der Waals surface area contributed by atoms with E-state index in [0.29, 0.717) is 84.3 Å². The van der Waals surface area contributed by atoms with Crippen LogP contribution in [0.4, 0.5) is 16.2 Å². The number of amides is 4. The number of carboxylic acid groups (broad SMARTS) is 1. The Morgan fingerprint density at radius 2 is 1.04 bits per heavy atom. The molecule has 4 aliphatic heterocycles. The molecule has 4 amide bonds. The molecule has 8 aromatic rings. The highest BCUT2D eigenvalue weighted by Gasteiger charge is 2.54. The lowest BCUT2D eigenvalue weighted by Gasteiger charge is -2.38. The highest BCUT2D eigenvalue weighted by Crippen LogP contribution is 2.50. The number of nitrogens with two attached hydrogens (primary N) is 1.